The summed E-state index contributed by atoms with van der Waals surface area (Å²) in [6, 6.07) is 56.7. The number of furan rings is 1. The van der Waals surface area contributed by atoms with E-state index >= 15 is 0 Å². The third-order valence-electron chi connectivity index (χ3n) is 8.87. The van der Waals surface area contributed by atoms with Crippen molar-refractivity contribution in [2.24, 2.45) is 0 Å². The van der Waals surface area contributed by atoms with Crippen LogP contribution < -0.4 is 0 Å². The molecule has 0 aliphatic rings. The van der Waals surface area contributed by atoms with Crippen molar-refractivity contribution in [3.63, 3.8) is 0 Å². The molecular formula is C42H26O. The van der Waals surface area contributed by atoms with Crippen molar-refractivity contribution < 1.29 is 4.42 Å². The SMILES string of the molecule is c1ccc(-c2ccc3oc4ccccc4c3c2-c2c3ccccc3c(-c3cccc4ccccc34)c3ccccc23)cc1. The minimum Gasteiger partial charge on any atom is -0.456 e. The standard InChI is InChI=1S/C42H26O/c1-2-13-28(14-3-1)30-25-26-38-41(36-22-10-11-24-37(36)43-38)42(30)40-34-20-8-6-18-32(34)39(33-19-7-9-21-35(33)40)31-23-12-16-27-15-4-5-17-29(27)31/h1-26H. The van der Waals surface area contributed by atoms with Crippen molar-refractivity contribution in [2.75, 3.05) is 0 Å². The van der Waals surface area contributed by atoms with Gasteiger partial charge in [-0.2, -0.15) is 0 Å². The van der Waals surface area contributed by atoms with Crippen LogP contribution in [0.25, 0.3) is 87.6 Å². The van der Waals surface area contributed by atoms with Gasteiger partial charge < -0.3 is 4.42 Å². The largest absolute Gasteiger partial charge is 0.456 e. The van der Waals surface area contributed by atoms with Gasteiger partial charge in [-0.1, -0.05) is 146 Å². The summed E-state index contributed by atoms with van der Waals surface area (Å²) in [4.78, 5) is 0. The Labute approximate surface area is 249 Å². The molecule has 1 heterocycles. The van der Waals surface area contributed by atoms with Crippen LogP contribution in [0.1, 0.15) is 0 Å². The molecule has 1 heteroatoms. The van der Waals surface area contributed by atoms with E-state index < -0.39 is 0 Å². The minimum absolute atomic E-state index is 0.905. The van der Waals surface area contributed by atoms with E-state index in [1.54, 1.807) is 0 Å². The first-order valence-electron chi connectivity index (χ1n) is 14.8. The fraction of sp³-hybridized carbons (Fsp3) is 0. The van der Waals surface area contributed by atoms with Crippen LogP contribution in [0.15, 0.2) is 162 Å². The van der Waals surface area contributed by atoms with E-state index in [1.165, 1.54) is 65.7 Å². The number of para-hydroxylation sites is 1. The number of benzene rings is 8. The molecule has 0 N–H and O–H groups in total. The maximum atomic E-state index is 6.47. The predicted molar refractivity (Wildman–Crippen MR) is 183 cm³/mol. The molecule has 1 nitrogen and oxygen atoms in total. The molecule has 0 aliphatic heterocycles. The summed E-state index contributed by atoms with van der Waals surface area (Å²) in [5, 5.41) is 9.77. The fourth-order valence-electron chi connectivity index (χ4n) is 7.07. The monoisotopic (exact) mass is 546 g/mol. The van der Waals surface area contributed by atoms with E-state index in [1.807, 2.05) is 6.07 Å². The van der Waals surface area contributed by atoms with Crippen LogP contribution in [-0.2, 0) is 0 Å². The highest BCUT2D eigenvalue weighted by Crippen LogP contribution is 2.50. The molecule has 0 saturated heterocycles. The summed E-state index contributed by atoms with van der Waals surface area (Å²) in [5.74, 6) is 0. The molecule has 1 aromatic heterocycles. The molecule has 0 aliphatic carbocycles. The number of rotatable bonds is 3. The van der Waals surface area contributed by atoms with Crippen molar-refractivity contribution in [3.05, 3.63) is 158 Å². The van der Waals surface area contributed by atoms with Gasteiger partial charge in [0.2, 0.25) is 0 Å². The minimum atomic E-state index is 0.905. The zero-order valence-electron chi connectivity index (χ0n) is 23.4. The van der Waals surface area contributed by atoms with E-state index in [9.17, 15) is 0 Å². The second-order valence-corrected chi connectivity index (χ2v) is 11.2. The van der Waals surface area contributed by atoms with Gasteiger partial charge in [0.25, 0.3) is 0 Å². The summed E-state index contributed by atoms with van der Waals surface area (Å²) in [6.45, 7) is 0. The van der Waals surface area contributed by atoms with Gasteiger partial charge in [-0.05, 0) is 72.3 Å². The molecule has 0 saturated carbocycles. The normalized spacial score (nSPS) is 11.7. The van der Waals surface area contributed by atoms with Crippen molar-refractivity contribution in [3.8, 4) is 33.4 Å². The molecule has 0 atom stereocenters. The highest BCUT2D eigenvalue weighted by atomic mass is 16.3. The zero-order chi connectivity index (χ0) is 28.3. The molecule has 8 aromatic carbocycles. The molecular weight excluding hydrogens is 520 g/mol. The van der Waals surface area contributed by atoms with Gasteiger partial charge in [0.05, 0.1) is 0 Å². The van der Waals surface area contributed by atoms with Crippen LogP contribution in [0, 0.1) is 0 Å². The molecule has 0 amide bonds. The first kappa shape index (κ1) is 24.0. The quantitative estimate of drug-likeness (QED) is 0.201. The van der Waals surface area contributed by atoms with Crippen LogP contribution in [0.5, 0.6) is 0 Å². The Morgan fingerprint density at radius 1 is 0.302 bits per heavy atom. The topological polar surface area (TPSA) is 13.1 Å². The van der Waals surface area contributed by atoms with Crippen LogP contribution >= 0.6 is 0 Å². The molecule has 9 rings (SSSR count). The molecule has 9 aromatic rings. The van der Waals surface area contributed by atoms with E-state index in [4.69, 9.17) is 4.42 Å². The third-order valence-corrected chi connectivity index (χ3v) is 8.87. The summed E-state index contributed by atoms with van der Waals surface area (Å²) < 4.78 is 6.47. The first-order chi connectivity index (χ1) is 21.4. The first-order valence-corrected chi connectivity index (χ1v) is 14.8. The lowest BCUT2D eigenvalue weighted by atomic mass is 9.81. The molecule has 0 unspecified atom stereocenters. The lowest BCUT2D eigenvalue weighted by Gasteiger charge is -2.21. The highest BCUT2D eigenvalue weighted by molar-refractivity contribution is 6.28. The smallest absolute Gasteiger partial charge is 0.136 e. The summed E-state index contributed by atoms with van der Waals surface area (Å²) in [7, 11) is 0. The molecule has 0 radical (unpaired) electrons. The Kier molecular flexibility index (Phi) is 5.27. The Morgan fingerprint density at radius 3 is 1.58 bits per heavy atom. The Morgan fingerprint density at radius 2 is 0.860 bits per heavy atom. The Bertz CT molecular complexity index is 2440. The summed E-state index contributed by atoms with van der Waals surface area (Å²) >= 11 is 0. The summed E-state index contributed by atoms with van der Waals surface area (Å²) in [5.41, 5.74) is 9.19. The molecule has 43 heavy (non-hydrogen) atoms. The maximum absolute atomic E-state index is 6.47. The van der Waals surface area contributed by atoms with Gasteiger partial charge in [0.1, 0.15) is 11.2 Å². The van der Waals surface area contributed by atoms with Gasteiger partial charge >= 0.3 is 0 Å². The fourth-order valence-corrected chi connectivity index (χ4v) is 7.07. The van der Waals surface area contributed by atoms with Crippen molar-refractivity contribution in [1.29, 1.82) is 0 Å². The van der Waals surface area contributed by atoms with Crippen LogP contribution in [0.3, 0.4) is 0 Å². The van der Waals surface area contributed by atoms with Gasteiger partial charge in [-0.15, -0.1) is 0 Å². The van der Waals surface area contributed by atoms with Crippen LogP contribution in [0.2, 0.25) is 0 Å². The van der Waals surface area contributed by atoms with Gasteiger partial charge in [-0.3, -0.25) is 0 Å². The second kappa shape index (κ2) is 9.44. The molecule has 200 valence electrons. The summed E-state index contributed by atoms with van der Waals surface area (Å²) in [6.07, 6.45) is 0. The van der Waals surface area contributed by atoms with Crippen molar-refractivity contribution in [1.82, 2.24) is 0 Å². The van der Waals surface area contributed by atoms with E-state index in [2.05, 4.69) is 152 Å². The predicted octanol–water partition coefficient (Wildman–Crippen LogP) is 12.0. The van der Waals surface area contributed by atoms with Crippen LogP contribution in [0.4, 0.5) is 0 Å². The van der Waals surface area contributed by atoms with E-state index in [-0.39, 0.29) is 0 Å². The molecule has 0 fully saturated rings. The van der Waals surface area contributed by atoms with E-state index in [0.29, 0.717) is 0 Å². The maximum Gasteiger partial charge on any atom is 0.136 e. The number of hydrogen-bond donors (Lipinski definition) is 0. The third kappa shape index (κ3) is 3.58. The lowest BCUT2D eigenvalue weighted by Crippen LogP contribution is -1.94. The molecule has 0 spiro atoms. The van der Waals surface area contributed by atoms with Crippen molar-refractivity contribution >= 4 is 54.3 Å². The average Bonchev–Trinajstić information content (AvgIpc) is 3.46. The van der Waals surface area contributed by atoms with Gasteiger partial charge in [0, 0.05) is 16.3 Å². The Hall–Kier alpha value is -5.66. The van der Waals surface area contributed by atoms with Gasteiger partial charge in [-0.25, -0.2) is 0 Å². The lowest BCUT2D eigenvalue weighted by molar-refractivity contribution is 0.669. The number of fused-ring (bicyclic) bond motifs is 6. The zero-order valence-corrected chi connectivity index (χ0v) is 23.4. The average molecular weight is 547 g/mol. The van der Waals surface area contributed by atoms with Crippen molar-refractivity contribution in [2.45, 2.75) is 0 Å². The Balaban J connectivity index is 1.52. The second-order valence-electron chi connectivity index (χ2n) is 11.2. The van der Waals surface area contributed by atoms with E-state index in [0.717, 1.165) is 21.9 Å². The van der Waals surface area contributed by atoms with Crippen LogP contribution in [-0.4, -0.2) is 0 Å². The highest BCUT2D eigenvalue weighted by Gasteiger charge is 2.23. The molecule has 0 bridgehead atoms. The van der Waals surface area contributed by atoms with Gasteiger partial charge in [0.15, 0.2) is 0 Å². The number of hydrogen-bond acceptors (Lipinski definition) is 1.